The van der Waals surface area contributed by atoms with Crippen LogP contribution in [0, 0.1) is 5.82 Å². The molecule has 4 nitrogen and oxygen atoms in total. The van der Waals surface area contributed by atoms with E-state index in [9.17, 15) is 14.0 Å². The Morgan fingerprint density at radius 2 is 1.91 bits per heavy atom. The number of esters is 2. The predicted octanol–water partition coefficient (Wildman–Crippen LogP) is 4.45. The highest BCUT2D eigenvalue weighted by molar-refractivity contribution is 6.32. The van der Waals surface area contributed by atoms with Crippen LogP contribution in [-0.4, -0.2) is 18.5 Å². The van der Waals surface area contributed by atoms with Crippen molar-refractivity contribution in [3.8, 4) is 5.75 Å². The van der Waals surface area contributed by atoms with Crippen LogP contribution in [0.2, 0.25) is 5.02 Å². The fourth-order valence-corrected chi connectivity index (χ4v) is 1.97. The second-order valence-corrected chi connectivity index (χ2v) is 5.29. The number of allylic oxidation sites excluding steroid dienone is 1. The summed E-state index contributed by atoms with van der Waals surface area (Å²) in [4.78, 5) is 23.1. The molecule has 6 heteroatoms. The summed E-state index contributed by atoms with van der Waals surface area (Å²) in [7, 11) is 0. The first-order valence-corrected chi connectivity index (χ1v) is 7.83. The molecule has 0 amide bonds. The molecule has 0 radical (unpaired) electrons. The Morgan fingerprint density at radius 1 is 1.17 bits per heavy atom. The third-order valence-electron chi connectivity index (χ3n) is 2.96. The second kappa shape index (κ2) is 10.8. The molecule has 1 aromatic carbocycles. The summed E-state index contributed by atoms with van der Waals surface area (Å²) in [5.74, 6) is -2.00. The number of ether oxygens (including phenoxy) is 2. The van der Waals surface area contributed by atoms with E-state index in [-0.39, 0.29) is 36.0 Å². The maximum absolute atomic E-state index is 13.4. The van der Waals surface area contributed by atoms with E-state index in [1.54, 1.807) is 0 Å². The lowest BCUT2D eigenvalue weighted by Gasteiger charge is -2.07. The fourth-order valence-electron chi connectivity index (χ4n) is 1.77. The molecule has 0 aliphatic rings. The van der Waals surface area contributed by atoms with E-state index in [0.29, 0.717) is 6.61 Å². The predicted molar refractivity (Wildman–Crippen MR) is 85.9 cm³/mol. The minimum absolute atomic E-state index is 0.0176. The number of benzene rings is 1. The zero-order chi connectivity index (χ0) is 17.1. The Balaban J connectivity index is 2.21. The Kier molecular flexibility index (Phi) is 8.98. The summed E-state index contributed by atoms with van der Waals surface area (Å²) in [6, 6.07) is 4.00. The van der Waals surface area contributed by atoms with Crippen molar-refractivity contribution in [3.63, 3.8) is 0 Å². The van der Waals surface area contributed by atoms with Crippen molar-refractivity contribution in [3.05, 3.63) is 41.7 Å². The van der Waals surface area contributed by atoms with E-state index in [2.05, 4.69) is 6.58 Å². The molecule has 126 valence electrons. The van der Waals surface area contributed by atoms with E-state index in [4.69, 9.17) is 21.1 Å². The van der Waals surface area contributed by atoms with Crippen molar-refractivity contribution in [2.75, 3.05) is 6.61 Å². The minimum Gasteiger partial charge on any atom is -0.466 e. The Morgan fingerprint density at radius 3 is 2.61 bits per heavy atom. The van der Waals surface area contributed by atoms with Crippen LogP contribution in [0.3, 0.4) is 0 Å². The first-order valence-electron chi connectivity index (χ1n) is 7.45. The molecular weight excluding hydrogens is 323 g/mol. The van der Waals surface area contributed by atoms with Crippen molar-refractivity contribution in [2.45, 2.75) is 38.5 Å². The van der Waals surface area contributed by atoms with Crippen molar-refractivity contribution < 1.29 is 23.5 Å². The van der Waals surface area contributed by atoms with Gasteiger partial charge in [0, 0.05) is 12.8 Å². The first-order chi connectivity index (χ1) is 11.0. The molecule has 0 spiro atoms. The lowest BCUT2D eigenvalue weighted by atomic mass is 10.2. The van der Waals surface area contributed by atoms with Gasteiger partial charge in [-0.1, -0.05) is 23.7 Å². The highest BCUT2D eigenvalue weighted by Gasteiger charge is 2.13. The number of carbonyl (C=O) groups excluding carboxylic acids is 2. The average Bonchev–Trinajstić information content (AvgIpc) is 2.51. The fraction of sp³-hybridized carbons (Fsp3) is 0.412. The highest BCUT2D eigenvalue weighted by Crippen LogP contribution is 2.27. The number of unbranched alkanes of at least 4 members (excludes halogenated alkanes) is 2. The molecule has 0 bridgehead atoms. The minimum atomic E-state index is -0.704. The van der Waals surface area contributed by atoms with Crippen molar-refractivity contribution >= 4 is 23.5 Å². The maximum Gasteiger partial charge on any atom is 0.311 e. The quantitative estimate of drug-likeness (QED) is 0.273. The molecule has 0 N–H and O–H groups in total. The van der Waals surface area contributed by atoms with Gasteiger partial charge in [0.2, 0.25) is 0 Å². The number of para-hydroxylation sites is 1. The highest BCUT2D eigenvalue weighted by atomic mass is 35.5. The summed E-state index contributed by atoms with van der Waals surface area (Å²) in [5, 5.41) is 0.0253. The molecule has 0 saturated carbocycles. The molecular formula is C17H20ClFO4. The van der Waals surface area contributed by atoms with Gasteiger partial charge >= 0.3 is 11.9 Å². The molecule has 1 aromatic rings. The van der Waals surface area contributed by atoms with Crippen LogP contribution in [0.15, 0.2) is 30.9 Å². The molecule has 0 aliphatic carbocycles. The van der Waals surface area contributed by atoms with Gasteiger partial charge in [-0.25, -0.2) is 4.39 Å². The summed E-state index contributed by atoms with van der Waals surface area (Å²) >= 11 is 5.75. The van der Waals surface area contributed by atoms with Crippen LogP contribution in [0.4, 0.5) is 4.39 Å². The molecule has 23 heavy (non-hydrogen) atoms. The van der Waals surface area contributed by atoms with Crippen molar-refractivity contribution in [1.82, 2.24) is 0 Å². The largest absolute Gasteiger partial charge is 0.466 e. The van der Waals surface area contributed by atoms with Crippen LogP contribution >= 0.6 is 11.6 Å². The Bertz CT molecular complexity index is 525. The summed E-state index contributed by atoms with van der Waals surface area (Å²) in [6.07, 6.45) is 4.78. The third-order valence-corrected chi connectivity index (χ3v) is 3.26. The van der Waals surface area contributed by atoms with Gasteiger partial charge in [0.1, 0.15) is 0 Å². The van der Waals surface area contributed by atoms with E-state index in [0.717, 1.165) is 25.3 Å². The van der Waals surface area contributed by atoms with E-state index >= 15 is 0 Å². The standard InChI is InChI=1S/C17H20ClFO4/c1-2-3-4-5-12-22-15(20)10-7-11-16(21)23-17-13(18)8-6-9-14(17)19/h2,6,8-9H,1,3-5,7,10-12H2. The third kappa shape index (κ3) is 7.79. The van der Waals surface area contributed by atoms with Gasteiger partial charge in [0.05, 0.1) is 11.6 Å². The van der Waals surface area contributed by atoms with E-state index in [1.165, 1.54) is 12.1 Å². The van der Waals surface area contributed by atoms with Gasteiger partial charge in [0.25, 0.3) is 0 Å². The average molecular weight is 343 g/mol. The molecule has 0 fully saturated rings. The van der Waals surface area contributed by atoms with Gasteiger partial charge in [-0.15, -0.1) is 6.58 Å². The molecule has 0 unspecified atom stereocenters. The second-order valence-electron chi connectivity index (χ2n) is 4.88. The topological polar surface area (TPSA) is 52.6 Å². The summed E-state index contributed by atoms with van der Waals surface area (Å²) in [5.41, 5.74) is 0. The van der Waals surface area contributed by atoms with Crippen LogP contribution in [0.1, 0.15) is 38.5 Å². The number of hydrogen-bond donors (Lipinski definition) is 0. The lowest BCUT2D eigenvalue weighted by Crippen LogP contribution is -2.11. The smallest absolute Gasteiger partial charge is 0.311 e. The van der Waals surface area contributed by atoms with Crippen molar-refractivity contribution in [2.24, 2.45) is 0 Å². The molecule has 1 rings (SSSR count). The van der Waals surface area contributed by atoms with Crippen LogP contribution < -0.4 is 4.74 Å². The van der Waals surface area contributed by atoms with Crippen molar-refractivity contribution in [1.29, 1.82) is 0 Å². The molecule has 0 aliphatic heterocycles. The summed E-state index contributed by atoms with van der Waals surface area (Å²) < 4.78 is 23.3. The number of carbonyl (C=O) groups is 2. The SMILES string of the molecule is C=CCCCCOC(=O)CCCC(=O)Oc1c(F)cccc1Cl. The molecule has 0 atom stereocenters. The maximum atomic E-state index is 13.4. The van der Waals surface area contributed by atoms with Gasteiger partial charge in [-0.05, 0) is 37.8 Å². The van der Waals surface area contributed by atoms with Gasteiger partial charge in [-0.3, -0.25) is 9.59 Å². The van der Waals surface area contributed by atoms with Crippen LogP contribution in [0.25, 0.3) is 0 Å². The number of hydrogen-bond acceptors (Lipinski definition) is 4. The molecule has 0 saturated heterocycles. The van der Waals surface area contributed by atoms with Gasteiger partial charge in [-0.2, -0.15) is 0 Å². The molecule has 0 heterocycles. The number of rotatable bonds is 10. The Labute approximate surface area is 140 Å². The number of halogens is 2. The van der Waals surface area contributed by atoms with Crippen LogP contribution in [-0.2, 0) is 14.3 Å². The molecule has 0 aromatic heterocycles. The summed E-state index contributed by atoms with van der Waals surface area (Å²) in [6.45, 7) is 3.97. The zero-order valence-corrected chi connectivity index (χ0v) is 13.6. The van der Waals surface area contributed by atoms with Gasteiger partial charge < -0.3 is 9.47 Å². The monoisotopic (exact) mass is 342 g/mol. The van der Waals surface area contributed by atoms with Crippen LogP contribution in [0.5, 0.6) is 5.75 Å². The Hall–Kier alpha value is -1.88. The first kappa shape index (κ1) is 19.2. The van der Waals surface area contributed by atoms with Gasteiger partial charge in [0.15, 0.2) is 11.6 Å². The van der Waals surface area contributed by atoms with E-state index < -0.39 is 11.8 Å². The van der Waals surface area contributed by atoms with E-state index in [1.807, 2.05) is 6.08 Å². The normalized spacial score (nSPS) is 10.2. The lowest BCUT2D eigenvalue weighted by molar-refractivity contribution is -0.144. The zero-order valence-electron chi connectivity index (χ0n) is 12.9.